The average molecular weight is 240 g/mol. The third kappa shape index (κ3) is 2.14. The maximum atomic E-state index is 5.30. The summed E-state index contributed by atoms with van der Waals surface area (Å²) in [6.45, 7) is 7.62. The number of aromatic nitrogens is 3. The highest BCUT2D eigenvalue weighted by molar-refractivity contribution is 7.71. The van der Waals surface area contributed by atoms with Gasteiger partial charge < -0.3 is 4.90 Å². The van der Waals surface area contributed by atoms with Gasteiger partial charge in [-0.05, 0) is 45.3 Å². The summed E-state index contributed by atoms with van der Waals surface area (Å²) in [5.41, 5.74) is 0. The van der Waals surface area contributed by atoms with Crippen LogP contribution in [0.15, 0.2) is 0 Å². The van der Waals surface area contributed by atoms with E-state index in [0.717, 1.165) is 23.7 Å². The number of H-pyrrole nitrogens is 1. The fraction of sp³-hybridized carbons (Fsp3) is 0.818. The number of anilines is 1. The van der Waals surface area contributed by atoms with Gasteiger partial charge in [0.15, 0.2) is 4.77 Å². The molecule has 0 amide bonds. The SMILES string of the molecule is CCCN(c1n[nH]c(=S)n1C1CC1)C(C)C. The van der Waals surface area contributed by atoms with Crippen LogP contribution in [0, 0.1) is 4.77 Å². The van der Waals surface area contributed by atoms with Gasteiger partial charge in [-0.2, -0.15) is 0 Å². The van der Waals surface area contributed by atoms with Gasteiger partial charge in [0.25, 0.3) is 0 Å². The van der Waals surface area contributed by atoms with Gasteiger partial charge in [0.1, 0.15) is 0 Å². The van der Waals surface area contributed by atoms with Crippen LogP contribution in [0.2, 0.25) is 0 Å². The molecule has 5 heteroatoms. The lowest BCUT2D eigenvalue weighted by Crippen LogP contribution is -2.33. The molecular formula is C11H20N4S. The van der Waals surface area contributed by atoms with Gasteiger partial charge in [-0.1, -0.05) is 6.92 Å². The van der Waals surface area contributed by atoms with Crippen molar-refractivity contribution in [1.29, 1.82) is 0 Å². The van der Waals surface area contributed by atoms with Crippen LogP contribution in [0.4, 0.5) is 5.95 Å². The van der Waals surface area contributed by atoms with E-state index in [4.69, 9.17) is 12.2 Å². The summed E-state index contributed by atoms with van der Waals surface area (Å²) in [6, 6.07) is 1.04. The van der Waals surface area contributed by atoms with E-state index in [0.29, 0.717) is 12.1 Å². The van der Waals surface area contributed by atoms with Crippen LogP contribution in [-0.4, -0.2) is 27.4 Å². The zero-order valence-corrected chi connectivity index (χ0v) is 11.0. The quantitative estimate of drug-likeness (QED) is 0.804. The van der Waals surface area contributed by atoms with E-state index in [1.54, 1.807) is 0 Å². The smallest absolute Gasteiger partial charge is 0.226 e. The minimum atomic E-state index is 0.461. The van der Waals surface area contributed by atoms with Crippen molar-refractivity contribution in [2.24, 2.45) is 0 Å². The van der Waals surface area contributed by atoms with Crippen molar-refractivity contribution in [1.82, 2.24) is 14.8 Å². The zero-order chi connectivity index (χ0) is 11.7. The standard InChI is InChI=1S/C11H20N4S/c1-4-7-14(8(2)3)10-12-13-11(16)15(10)9-5-6-9/h8-9H,4-7H2,1-3H3,(H,13,16). The van der Waals surface area contributed by atoms with Gasteiger partial charge in [-0.15, -0.1) is 5.10 Å². The van der Waals surface area contributed by atoms with Gasteiger partial charge in [0.05, 0.1) is 0 Å². The van der Waals surface area contributed by atoms with Gasteiger partial charge in [-0.25, -0.2) is 5.10 Å². The fourth-order valence-electron chi connectivity index (χ4n) is 1.99. The van der Waals surface area contributed by atoms with Crippen molar-refractivity contribution < 1.29 is 0 Å². The molecule has 0 aliphatic heterocycles. The average Bonchev–Trinajstić information content (AvgIpc) is 2.99. The van der Waals surface area contributed by atoms with E-state index >= 15 is 0 Å². The predicted octanol–water partition coefficient (Wildman–Crippen LogP) is 2.90. The number of rotatable bonds is 5. The molecule has 1 saturated carbocycles. The van der Waals surface area contributed by atoms with Crippen LogP contribution >= 0.6 is 12.2 Å². The van der Waals surface area contributed by atoms with E-state index in [9.17, 15) is 0 Å². The summed E-state index contributed by atoms with van der Waals surface area (Å²) in [5.74, 6) is 1.02. The summed E-state index contributed by atoms with van der Waals surface area (Å²) in [5, 5.41) is 7.32. The van der Waals surface area contributed by atoms with Crippen molar-refractivity contribution in [3.8, 4) is 0 Å². The molecule has 1 N–H and O–H groups in total. The van der Waals surface area contributed by atoms with Crippen molar-refractivity contribution in [2.45, 2.75) is 52.1 Å². The summed E-state index contributed by atoms with van der Waals surface area (Å²) in [4.78, 5) is 2.32. The molecule has 4 nitrogen and oxygen atoms in total. The molecule has 1 aromatic heterocycles. The molecule has 16 heavy (non-hydrogen) atoms. The number of hydrogen-bond donors (Lipinski definition) is 1. The number of aromatic amines is 1. The second kappa shape index (κ2) is 4.57. The van der Waals surface area contributed by atoms with Gasteiger partial charge in [0.2, 0.25) is 5.95 Å². The van der Waals surface area contributed by atoms with Crippen LogP contribution in [-0.2, 0) is 0 Å². The van der Waals surface area contributed by atoms with Crippen LogP contribution in [0.5, 0.6) is 0 Å². The van der Waals surface area contributed by atoms with E-state index in [1.165, 1.54) is 12.8 Å². The molecule has 1 fully saturated rings. The highest BCUT2D eigenvalue weighted by atomic mass is 32.1. The molecule has 1 heterocycles. The lowest BCUT2D eigenvalue weighted by atomic mass is 10.3. The molecule has 0 spiro atoms. The number of nitrogens with zero attached hydrogens (tertiary/aromatic N) is 3. The van der Waals surface area contributed by atoms with Crippen molar-refractivity contribution in [3.63, 3.8) is 0 Å². The third-order valence-corrected chi connectivity index (χ3v) is 3.23. The number of nitrogens with one attached hydrogen (secondary N) is 1. The Morgan fingerprint density at radius 2 is 2.25 bits per heavy atom. The van der Waals surface area contributed by atoms with Crippen molar-refractivity contribution in [2.75, 3.05) is 11.4 Å². The highest BCUT2D eigenvalue weighted by Crippen LogP contribution is 2.38. The summed E-state index contributed by atoms with van der Waals surface area (Å²) >= 11 is 5.30. The Morgan fingerprint density at radius 3 is 2.75 bits per heavy atom. The first-order chi connectivity index (χ1) is 7.65. The highest BCUT2D eigenvalue weighted by Gasteiger charge is 2.29. The Hall–Kier alpha value is -0.840. The van der Waals surface area contributed by atoms with E-state index in [2.05, 4.69) is 40.4 Å². The molecule has 0 unspecified atom stereocenters. The lowest BCUT2D eigenvalue weighted by molar-refractivity contribution is 0.614. The molecule has 0 saturated heterocycles. The Bertz CT molecular complexity index is 402. The Labute approximate surface area is 102 Å². The van der Waals surface area contributed by atoms with E-state index in [1.807, 2.05) is 0 Å². The van der Waals surface area contributed by atoms with Crippen molar-refractivity contribution in [3.05, 3.63) is 4.77 Å². The summed E-state index contributed by atoms with van der Waals surface area (Å²) in [6.07, 6.45) is 3.60. The van der Waals surface area contributed by atoms with E-state index < -0.39 is 0 Å². The van der Waals surface area contributed by atoms with Crippen LogP contribution in [0.3, 0.4) is 0 Å². The summed E-state index contributed by atoms with van der Waals surface area (Å²) in [7, 11) is 0. The molecule has 1 aromatic rings. The number of hydrogen-bond acceptors (Lipinski definition) is 3. The maximum absolute atomic E-state index is 5.30. The molecule has 1 aliphatic rings. The second-order valence-electron chi connectivity index (χ2n) is 4.72. The van der Waals surface area contributed by atoms with Gasteiger partial charge >= 0.3 is 0 Å². The molecule has 90 valence electrons. The molecule has 0 radical (unpaired) electrons. The third-order valence-electron chi connectivity index (χ3n) is 2.94. The molecule has 0 aromatic carbocycles. The second-order valence-corrected chi connectivity index (χ2v) is 5.10. The first kappa shape index (κ1) is 11.6. The minimum absolute atomic E-state index is 0.461. The zero-order valence-electron chi connectivity index (χ0n) is 10.2. The molecule has 0 atom stereocenters. The molecule has 2 rings (SSSR count). The Morgan fingerprint density at radius 1 is 1.56 bits per heavy atom. The fourth-order valence-corrected chi connectivity index (χ4v) is 2.27. The normalized spacial score (nSPS) is 15.8. The summed E-state index contributed by atoms with van der Waals surface area (Å²) < 4.78 is 2.95. The Balaban J connectivity index is 2.33. The first-order valence-electron chi connectivity index (χ1n) is 6.08. The van der Waals surface area contributed by atoms with Crippen LogP contribution < -0.4 is 4.90 Å². The Kier molecular flexibility index (Phi) is 3.33. The lowest BCUT2D eigenvalue weighted by Gasteiger charge is -2.27. The van der Waals surface area contributed by atoms with Gasteiger partial charge in [0, 0.05) is 18.6 Å². The molecular weight excluding hydrogens is 220 g/mol. The first-order valence-corrected chi connectivity index (χ1v) is 6.49. The predicted molar refractivity (Wildman–Crippen MR) is 68.5 cm³/mol. The van der Waals surface area contributed by atoms with E-state index in [-0.39, 0.29) is 0 Å². The topological polar surface area (TPSA) is 36.9 Å². The van der Waals surface area contributed by atoms with Crippen molar-refractivity contribution >= 4 is 18.2 Å². The van der Waals surface area contributed by atoms with Crippen LogP contribution in [0.1, 0.15) is 46.1 Å². The molecule has 0 bridgehead atoms. The van der Waals surface area contributed by atoms with Crippen LogP contribution in [0.25, 0.3) is 0 Å². The molecule has 1 aliphatic carbocycles. The monoisotopic (exact) mass is 240 g/mol. The largest absolute Gasteiger partial charge is 0.339 e. The minimum Gasteiger partial charge on any atom is -0.339 e. The van der Waals surface area contributed by atoms with Gasteiger partial charge in [-0.3, -0.25) is 4.57 Å². The maximum Gasteiger partial charge on any atom is 0.226 e.